The molecule has 0 bridgehead atoms. The van der Waals surface area contributed by atoms with Crippen molar-refractivity contribution in [3.05, 3.63) is 29.3 Å². The maximum atomic E-state index is 13.0. The zero-order chi connectivity index (χ0) is 22.5. The van der Waals surface area contributed by atoms with Crippen molar-refractivity contribution in [2.75, 3.05) is 19.6 Å². The predicted octanol–water partition coefficient (Wildman–Crippen LogP) is 2.49. The van der Waals surface area contributed by atoms with Crippen molar-refractivity contribution in [1.82, 2.24) is 14.9 Å². The number of benzene rings is 1. The molecule has 8 nitrogen and oxygen atoms in total. The number of nitrogens with zero attached hydrogens (tertiary/aromatic N) is 1. The molecule has 0 unspecified atom stereocenters. The lowest BCUT2D eigenvalue weighted by molar-refractivity contribution is -0.121. The van der Waals surface area contributed by atoms with E-state index < -0.39 is 21.7 Å². The van der Waals surface area contributed by atoms with Crippen LogP contribution in [0, 0.1) is 13.8 Å². The fourth-order valence-corrected chi connectivity index (χ4v) is 5.04. The van der Waals surface area contributed by atoms with Crippen molar-refractivity contribution >= 4 is 22.0 Å². The van der Waals surface area contributed by atoms with Crippen molar-refractivity contribution in [1.29, 1.82) is 0 Å². The summed E-state index contributed by atoms with van der Waals surface area (Å²) in [6.07, 6.45) is 0.686. The van der Waals surface area contributed by atoms with Gasteiger partial charge in [0.05, 0.1) is 4.90 Å². The minimum absolute atomic E-state index is 0.0796. The van der Waals surface area contributed by atoms with Crippen LogP contribution in [0.1, 0.15) is 51.2 Å². The second kappa shape index (κ2) is 9.78. The molecular formula is C21H33N3O5S. The number of carbonyl (C=O) groups excluding carboxylic acids is 2. The Bertz CT molecular complexity index is 869. The highest BCUT2D eigenvalue weighted by molar-refractivity contribution is 7.89. The third-order valence-corrected chi connectivity index (χ3v) is 6.84. The minimum Gasteiger partial charge on any atom is -0.444 e. The van der Waals surface area contributed by atoms with E-state index >= 15 is 0 Å². The Morgan fingerprint density at radius 3 is 2.40 bits per heavy atom. The van der Waals surface area contributed by atoms with E-state index in [1.54, 1.807) is 33.8 Å². The van der Waals surface area contributed by atoms with E-state index in [9.17, 15) is 18.0 Å². The molecule has 0 aliphatic carbocycles. The first-order chi connectivity index (χ1) is 13.9. The summed E-state index contributed by atoms with van der Waals surface area (Å²) in [7, 11) is -3.55. The standard InChI is InChI=1S/C21H33N3O5S/c1-15-6-7-16(2)18(14-15)30(27,28)24-12-9-17(10-13-24)23-19(25)8-11-22-20(26)29-21(3,4)5/h6-7,14,17H,8-13H2,1-5H3,(H,22,26)(H,23,25). The number of sulfonamides is 1. The average Bonchev–Trinajstić information content (AvgIpc) is 2.62. The van der Waals surface area contributed by atoms with Crippen LogP contribution in [0.5, 0.6) is 0 Å². The van der Waals surface area contributed by atoms with Crippen molar-refractivity contribution in [3.63, 3.8) is 0 Å². The number of alkyl carbamates (subject to hydrolysis) is 1. The van der Waals surface area contributed by atoms with Gasteiger partial charge >= 0.3 is 6.09 Å². The lowest BCUT2D eigenvalue weighted by atomic mass is 10.1. The molecule has 0 saturated carbocycles. The van der Waals surface area contributed by atoms with Gasteiger partial charge in [0.25, 0.3) is 0 Å². The van der Waals surface area contributed by atoms with Crippen LogP contribution in [-0.4, -0.2) is 56.0 Å². The zero-order valence-electron chi connectivity index (χ0n) is 18.4. The fraction of sp³-hybridized carbons (Fsp3) is 0.619. The van der Waals surface area contributed by atoms with Gasteiger partial charge in [0.2, 0.25) is 15.9 Å². The average molecular weight is 440 g/mol. The number of amides is 2. The Kier molecular flexibility index (Phi) is 7.87. The second-order valence-corrected chi connectivity index (χ2v) is 10.6. The van der Waals surface area contributed by atoms with Gasteiger partial charge in [-0.2, -0.15) is 4.31 Å². The van der Waals surface area contributed by atoms with Crippen LogP contribution in [0.3, 0.4) is 0 Å². The lowest BCUT2D eigenvalue weighted by Gasteiger charge is -2.32. The van der Waals surface area contributed by atoms with Crippen molar-refractivity contribution in [3.8, 4) is 0 Å². The van der Waals surface area contributed by atoms with Crippen molar-refractivity contribution in [2.24, 2.45) is 0 Å². The summed E-state index contributed by atoms with van der Waals surface area (Å²) in [5.74, 6) is -0.179. The largest absolute Gasteiger partial charge is 0.444 e. The first-order valence-corrected chi connectivity index (χ1v) is 11.7. The number of hydrogen-bond donors (Lipinski definition) is 2. The highest BCUT2D eigenvalue weighted by Crippen LogP contribution is 2.24. The molecule has 168 valence electrons. The fourth-order valence-electron chi connectivity index (χ4n) is 3.26. The number of aryl methyl sites for hydroxylation is 2. The molecule has 1 heterocycles. The molecule has 2 N–H and O–H groups in total. The van der Waals surface area contributed by atoms with Gasteiger partial charge in [-0.3, -0.25) is 4.79 Å². The molecular weight excluding hydrogens is 406 g/mol. The Balaban J connectivity index is 1.79. The second-order valence-electron chi connectivity index (χ2n) is 8.69. The summed E-state index contributed by atoms with van der Waals surface area (Å²) in [5.41, 5.74) is 1.05. The van der Waals surface area contributed by atoms with Gasteiger partial charge in [0.1, 0.15) is 5.60 Å². The van der Waals surface area contributed by atoms with E-state index in [0.717, 1.165) is 11.1 Å². The van der Waals surface area contributed by atoms with Crippen LogP contribution in [0.4, 0.5) is 4.79 Å². The summed E-state index contributed by atoms with van der Waals surface area (Å²) in [6, 6.07) is 5.34. The molecule has 1 aromatic rings. The molecule has 1 aliphatic heterocycles. The van der Waals surface area contributed by atoms with Gasteiger partial charge in [-0.05, 0) is 64.7 Å². The highest BCUT2D eigenvalue weighted by atomic mass is 32.2. The smallest absolute Gasteiger partial charge is 0.407 e. The third kappa shape index (κ3) is 6.98. The third-order valence-electron chi connectivity index (χ3n) is 4.80. The van der Waals surface area contributed by atoms with Crippen LogP contribution in [0.15, 0.2) is 23.1 Å². The number of rotatable bonds is 6. The number of piperidine rings is 1. The van der Waals surface area contributed by atoms with Gasteiger partial charge < -0.3 is 15.4 Å². The summed E-state index contributed by atoms with van der Waals surface area (Å²) in [5, 5.41) is 5.47. The molecule has 1 saturated heterocycles. The Labute approximate surface area is 179 Å². The van der Waals surface area contributed by atoms with Crippen LogP contribution in [-0.2, 0) is 19.6 Å². The zero-order valence-corrected chi connectivity index (χ0v) is 19.3. The Morgan fingerprint density at radius 2 is 1.80 bits per heavy atom. The van der Waals surface area contributed by atoms with E-state index in [4.69, 9.17) is 4.74 Å². The first-order valence-electron chi connectivity index (χ1n) is 10.2. The normalized spacial score (nSPS) is 16.2. The van der Waals surface area contributed by atoms with Gasteiger partial charge in [0, 0.05) is 32.1 Å². The summed E-state index contributed by atoms with van der Waals surface area (Å²) >= 11 is 0. The van der Waals surface area contributed by atoms with E-state index in [-0.39, 0.29) is 24.9 Å². The monoisotopic (exact) mass is 439 g/mol. The molecule has 2 amide bonds. The molecule has 1 fully saturated rings. The number of ether oxygens (including phenoxy) is 1. The highest BCUT2D eigenvalue weighted by Gasteiger charge is 2.31. The van der Waals surface area contributed by atoms with Crippen LogP contribution in [0.2, 0.25) is 0 Å². The van der Waals surface area contributed by atoms with Gasteiger partial charge in [-0.25, -0.2) is 13.2 Å². The summed E-state index contributed by atoms with van der Waals surface area (Å²) in [6.45, 7) is 9.88. The predicted molar refractivity (Wildman–Crippen MR) is 115 cm³/mol. The Hall–Kier alpha value is -2.13. The summed E-state index contributed by atoms with van der Waals surface area (Å²) in [4.78, 5) is 24.1. The molecule has 1 aliphatic rings. The van der Waals surface area contributed by atoms with Crippen LogP contribution in [0.25, 0.3) is 0 Å². The maximum Gasteiger partial charge on any atom is 0.407 e. The quantitative estimate of drug-likeness (QED) is 0.709. The van der Waals surface area contributed by atoms with Crippen molar-refractivity contribution in [2.45, 2.75) is 70.4 Å². The number of nitrogens with one attached hydrogen (secondary N) is 2. The lowest BCUT2D eigenvalue weighted by Crippen LogP contribution is -2.47. The van der Waals surface area contributed by atoms with Crippen LogP contribution >= 0.6 is 0 Å². The SMILES string of the molecule is Cc1ccc(C)c(S(=O)(=O)N2CCC(NC(=O)CCNC(=O)OC(C)(C)C)CC2)c1. The topological polar surface area (TPSA) is 105 Å². The molecule has 0 radical (unpaired) electrons. The number of carbonyl (C=O) groups is 2. The van der Waals surface area contributed by atoms with E-state index in [2.05, 4.69) is 10.6 Å². The molecule has 1 aromatic carbocycles. The molecule has 0 spiro atoms. The van der Waals surface area contributed by atoms with Gasteiger partial charge in [-0.15, -0.1) is 0 Å². The van der Waals surface area contributed by atoms with Gasteiger partial charge in [-0.1, -0.05) is 12.1 Å². The number of hydrogen-bond acceptors (Lipinski definition) is 5. The van der Waals surface area contributed by atoms with E-state index in [1.807, 2.05) is 19.1 Å². The molecule has 2 rings (SSSR count). The molecule has 0 aromatic heterocycles. The summed E-state index contributed by atoms with van der Waals surface area (Å²) < 4.78 is 32.6. The molecule has 30 heavy (non-hydrogen) atoms. The van der Waals surface area contributed by atoms with Crippen molar-refractivity contribution < 1.29 is 22.7 Å². The molecule has 0 atom stereocenters. The first kappa shape index (κ1) is 24.1. The van der Waals surface area contributed by atoms with E-state index in [0.29, 0.717) is 30.8 Å². The Morgan fingerprint density at radius 1 is 1.17 bits per heavy atom. The van der Waals surface area contributed by atoms with E-state index in [1.165, 1.54) is 4.31 Å². The van der Waals surface area contributed by atoms with Gasteiger partial charge in [0.15, 0.2) is 0 Å². The molecule has 9 heteroatoms. The maximum absolute atomic E-state index is 13.0. The minimum atomic E-state index is -3.55. The van der Waals surface area contributed by atoms with Crippen LogP contribution < -0.4 is 10.6 Å².